The van der Waals surface area contributed by atoms with Crippen LogP contribution in [0.2, 0.25) is 5.02 Å². The monoisotopic (exact) mass is 344 g/mol. The Kier molecular flexibility index (Phi) is 4.04. The third-order valence-corrected chi connectivity index (χ3v) is 6.32. The van der Waals surface area contributed by atoms with Gasteiger partial charge in [-0.3, -0.25) is 0 Å². The van der Waals surface area contributed by atoms with Crippen LogP contribution in [0.25, 0.3) is 0 Å². The first kappa shape index (κ1) is 15.4. The number of hydrogen-bond acceptors (Lipinski definition) is 3. The van der Waals surface area contributed by atoms with Gasteiger partial charge in [0.05, 0.1) is 11.7 Å². The summed E-state index contributed by atoms with van der Waals surface area (Å²) in [7, 11) is 2.24. The maximum absolute atomic E-state index is 6.03. The summed E-state index contributed by atoms with van der Waals surface area (Å²) in [5, 5.41) is 0.795. The van der Waals surface area contributed by atoms with E-state index in [2.05, 4.69) is 53.5 Å². The third kappa shape index (κ3) is 2.86. The normalized spacial score (nSPS) is 23.7. The Morgan fingerprint density at radius 1 is 1.13 bits per heavy atom. The number of likely N-dealkylation sites (N-methyl/N-ethyl adjacent to an activating group) is 1. The molecule has 0 aliphatic carbocycles. The van der Waals surface area contributed by atoms with Gasteiger partial charge in [0, 0.05) is 22.4 Å². The van der Waals surface area contributed by atoms with Crippen molar-refractivity contribution in [1.82, 2.24) is 4.90 Å². The highest BCUT2D eigenvalue weighted by molar-refractivity contribution is 8.00. The Labute approximate surface area is 147 Å². The fourth-order valence-corrected chi connectivity index (χ4v) is 5.03. The SMILES string of the molecule is Cc1ccc2c(c1)[C@H]1CN(C)CC[C@H]1N2Sc1ccc(Cl)cc1. The van der Waals surface area contributed by atoms with Gasteiger partial charge < -0.3 is 9.21 Å². The average molecular weight is 345 g/mol. The summed E-state index contributed by atoms with van der Waals surface area (Å²) in [6.07, 6.45) is 1.22. The van der Waals surface area contributed by atoms with Crippen molar-refractivity contribution in [2.45, 2.75) is 30.2 Å². The lowest BCUT2D eigenvalue weighted by Gasteiger charge is -2.36. The van der Waals surface area contributed by atoms with Crippen molar-refractivity contribution in [2.75, 3.05) is 24.4 Å². The molecule has 2 aliphatic rings. The third-order valence-electron chi connectivity index (χ3n) is 4.92. The van der Waals surface area contributed by atoms with Crippen molar-refractivity contribution in [1.29, 1.82) is 0 Å². The molecule has 1 saturated heterocycles. The van der Waals surface area contributed by atoms with Crippen LogP contribution in [0.15, 0.2) is 47.4 Å². The topological polar surface area (TPSA) is 6.48 Å². The minimum atomic E-state index is 0.587. The summed E-state index contributed by atoms with van der Waals surface area (Å²) in [5.74, 6) is 0.614. The van der Waals surface area contributed by atoms with Crippen molar-refractivity contribution in [3.63, 3.8) is 0 Å². The fraction of sp³-hybridized carbons (Fsp3) is 0.368. The summed E-state index contributed by atoms with van der Waals surface area (Å²) in [4.78, 5) is 3.71. The van der Waals surface area contributed by atoms with Gasteiger partial charge in [-0.15, -0.1) is 0 Å². The second kappa shape index (κ2) is 6.04. The van der Waals surface area contributed by atoms with E-state index < -0.39 is 0 Å². The highest BCUT2D eigenvalue weighted by atomic mass is 35.5. The van der Waals surface area contributed by atoms with Crippen molar-refractivity contribution >= 4 is 29.2 Å². The number of nitrogens with zero attached hydrogens (tertiary/aromatic N) is 2. The van der Waals surface area contributed by atoms with Crippen LogP contribution in [-0.4, -0.2) is 31.1 Å². The van der Waals surface area contributed by atoms with Gasteiger partial charge in [0.1, 0.15) is 0 Å². The van der Waals surface area contributed by atoms with Crippen molar-refractivity contribution in [3.05, 3.63) is 58.6 Å². The summed E-state index contributed by atoms with van der Waals surface area (Å²) >= 11 is 7.88. The summed E-state index contributed by atoms with van der Waals surface area (Å²) < 4.78 is 2.54. The minimum absolute atomic E-state index is 0.587. The first-order chi connectivity index (χ1) is 11.1. The Morgan fingerprint density at radius 3 is 2.70 bits per heavy atom. The standard InChI is InChI=1S/C19H21ClN2S/c1-13-3-8-18-16(11-13)17-12-21(2)10-9-19(17)22(18)23-15-6-4-14(20)5-7-15/h3-8,11,17,19H,9-10,12H2,1-2H3/t17-,19-/m1/s1. The Bertz CT molecular complexity index is 716. The van der Waals surface area contributed by atoms with Gasteiger partial charge >= 0.3 is 0 Å². The molecular formula is C19H21ClN2S. The number of anilines is 1. The lowest BCUT2D eigenvalue weighted by molar-refractivity contribution is 0.238. The molecule has 23 heavy (non-hydrogen) atoms. The molecule has 2 atom stereocenters. The van der Waals surface area contributed by atoms with E-state index in [4.69, 9.17) is 11.6 Å². The number of rotatable bonds is 2. The molecule has 4 rings (SSSR count). The van der Waals surface area contributed by atoms with Crippen molar-refractivity contribution in [2.24, 2.45) is 0 Å². The lowest BCUT2D eigenvalue weighted by Crippen LogP contribution is -2.42. The zero-order chi connectivity index (χ0) is 16.0. The molecule has 2 nitrogen and oxygen atoms in total. The molecule has 0 spiro atoms. The Balaban J connectivity index is 1.70. The van der Waals surface area contributed by atoms with E-state index in [0.29, 0.717) is 12.0 Å². The highest BCUT2D eigenvalue weighted by Crippen LogP contribution is 2.49. The molecule has 0 saturated carbocycles. The van der Waals surface area contributed by atoms with E-state index in [-0.39, 0.29) is 0 Å². The van der Waals surface area contributed by atoms with E-state index in [0.717, 1.165) is 11.6 Å². The van der Waals surface area contributed by atoms with Crippen molar-refractivity contribution in [3.8, 4) is 0 Å². The molecule has 2 aromatic rings. The van der Waals surface area contributed by atoms with Gasteiger partial charge in [-0.2, -0.15) is 0 Å². The van der Waals surface area contributed by atoms with Crippen LogP contribution in [0.3, 0.4) is 0 Å². The molecule has 0 radical (unpaired) electrons. The van der Waals surface area contributed by atoms with Gasteiger partial charge in [0.15, 0.2) is 0 Å². The molecule has 2 aliphatic heterocycles. The molecule has 0 unspecified atom stereocenters. The van der Waals surface area contributed by atoms with Gasteiger partial charge in [-0.05, 0) is 74.8 Å². The molecule has 0 amide bonds. The van der Waals surface area contributed by atoms with Crippen LogP contribution in [0.4, 0.5) is 5.69 Å². The molecule has 0 bridgehead atoms. The van der Waals surface area contributed by atoms with E-state index >= 15 is 0 Å². The van der Waals surface area contributed by atoms with Crippen LogP contribution < -0.4 is 4.31 Å². The smallest absolute Gasteiger partial charge is 0.0513 e. The predicted octanol–water partition coefficient (Wildman–Crippen LogP) is 4.96. The maximum Gasteiger partial charge on any atom is 0.0513 e. The van der Waals surface area contributed by atoms with Crippen LogP contribution in [-0.2, 0) is 0 Å². The molecule has 2 heterocycles. The Hall–Kier alpha value is -1.16. The van der Waals surface area contributed by atoms with Crippen LogP contribution in [0, 0.1) is 6.92 Å². The predicted molar refractivity (Wildman–Crippen MR) is 99.6 cm³/mol. The zero-order valence-electron chi connectivity index (χ0n) is 13.5. The number of halogens is 1. The first-order valence-corrected chi connectivity index (χ1v) is 9.29. The lowest BCUT2D eigenvalue weighted by atomic mass is 9.89. The van der Waals surface area contributed by atoms with Gasteiger partial charge in [-0.1, -0.05) is 29.3 Å². The second-order valence-corrected chi connectivity index (χ2v) is 8.14. The minimum Gasteiger partial charge on any atom is -0.308 e. The molecule has 0 N–H and O–H groups in total. The summed E-state index contributed by atoms with van der Waals surface area (Å²) in [5.41, 5.74) is 4.26. The van der Waals surface area contributed by atoms with Crippen LogP contribution in [0.1, 0.15) is 23.5 Å². The van der Waals surface area contributed by atoms with E-state index in [1.165, 1.54) is 34.7 Å². The maximum atomic E-state index is 6.03. The van der Waals surface area contributed by atoms with Gasteiger partial charge in [-0.25, -0.2) is 0 Å². The molecule has 0 aromatic heterocycles. The average Bonchev–Trinajstić information content (AvgIpc) is 2.82. The fourth-order valence-electron chi connectivity index (χ4n) is 3.77. The van der Waals surface area contributed by atoms with Gasteiger partial charge in [0.2, 0.25) is 0 Å². The number of piperidine rings is 1. The van der Waals surface area contributed by atoms with E-state index in [1.807, 2.05) is 24.1 Å². The molecule has 2 aromatic carbocycles. The number of hydrogen-bond donors (Lipinski definition) is 0. The number of likely N-dealkylation sites (tertiary alicyclic amines) is 1. The number of aryl methyl sites for hydroxylation is 1. The zero-order valence-corrected chi connectivity index (χ0v) is 15.1. The number of benzene rings is 2. The van der Waals surface area contributed by atoms with E-state index in [9.17, 15) is 0 Å². The number of fused-ring (bicyclic) bond motifs is 3. The first-order valence-electron chi connectivity index (χ1n) is 8.14. The van der Waals surface area contributed by atoms with Gasteiger partial charge in [0.25, 0.3) is 0 Å². The largest absolute Gasteiger partial charge is 0.308 e. The molecule has 120 valence electrons. The van der Waals surface area contributed by atoms with Crippen LogP contribution in [0.5, 0.6) is 0 Å². The molecular weight excluding hydrogens is 324 g/mol. The molecule has 1 fully saturated rings. The quantitative estimate of drug-likeness (QED) is 0.711. The summed E-state index contributed by atoms with van der Waals surface area (Å²) in [6, 6.07) is 15.7. The second-order valence-electron chi connectivity index (χ2n) is 6.66. The van der Waals surface area contributed by atoms with E-state index in [1.54, 1.807) is 0 Å². The molecule has 4 heteroatoms. The highest BCUT2D eigenvalue weighted by Gasteiger charge is 2.41. The Morgan fingerprint density at radius 2 is 1.91 bits per heavy atom. The summed E-state index contributed by atoms with van der Waals surface area (Å²) in [6.45, 7) is 4.52. The van der Waals surface area contributed by atoms with Crippen molar-refractivity contribution < 1.29 is 0 Å². The van der Waals surface area contributed by atoms with Crippen LogP contribution >= 0.6 is 23.5 Å².